The average molecular weight is 389 g/mol. The monoisotopic (exact) mass is 389 g/mol. The van der Waals surface area contributed by atoms with Crippen LogP contribution in [0.25, 0.3) is 22.6 Å². The molecule has 0 bridgehead atoms. The molecular weight excluding hydrogens is 365 g/mol. The van der Waals surface area contributed by atoms with E-state index in [2.05, 4.69) is 26.8 Å². The predicted molar refractivity (Wildman–Crippen MR) is 116 cm³/mol. The first kappa shape index (κ1) is 20.2. The van der Waals surface area contributed by atoms with Crippen LogP contribution in [0, 0.1) is 6.92 Å². The lowest BCUT2D eigenvalue weighted by Crippen LogP contribution is -2.08. The first-order valence-electron chi connectivity index (χ1n) is 9.36. The van der Waals surface area contributed by atoms with Crippen LogP contribution in [-0.4, -0.2) is 26.1 Å². The Morgan fingerprint density at radius 3 is 2.69 bits per heavy atom. The SMILES string of the molecule is C=C/C=C(\C=C/C)CNc1nccc(-c2c(-c3ccc(C)cc3)ncn2CF)n1. The average Bonchev–Trinajstić information content (AvgIpc) is 3.17. The molecule has 0 amide bonds. The number of nitrogens with zero attached hydrogens (tertiary/aromatic N) is 4. The van der Waals surface area contributed by atoms with Crippen molar-refractivity contribution in [2.45, 2.75) is 20.6 Å². The fourth-order valence-electron chi connectivity index (χ4n) is 2.96. The molecule has 3 rings (SSSR count). The first-order valence-corrected chi connectivity index (χ1v) is 9.36. The topological polar surface area (TPSA) is 55.6 Å². The van der Waals surface area contributed by atoms with E-state index in [1.807, 2.05) is 56.3 Å². The lowest BCUT2D eigenvalue weighted by atomic mass is 10.1. The summed E-state index contributed by atoms with van der Waals surface area (Å²) in [5, 5.41) is 3.21. The zero-order valence-corrected chi connectivity index (χ0v) is 16.6. The number of nitrogens with one attached hydrogen (secondary N) is 1. The van der Waals surface area contributed by atoms with Crippen molar-refractivity contribution in [2.75, 3.05) is 11.9 Å². The molecule has 1 aromatic carbocycles. The molecule has 0 unspecified atom stereocenters. The van der Waals surface area contributed by atoms with Gasteiger partial charge in [0.2, 0.25) is 5.95 Å². The lowest BCUT2D eigenvalue weighted by Gasteiger charge is -2.10. The molecule has 0 aliphatic heterocycles. The molecule has 29 heavy (non-hydrogen) atoms. The molecule has 0 radical (unpaired) electrons. The quantitative estimate of drug-likeness (QED) is 0.528. The van der Waals surface area contributed by atoms with Crippen molar-refractivity contribution in [3.05, 3.63) is 84.9 Å². The van der Waals surface area contributed by atoms with E-state index in [9.17, 15) is 4.39 Å². The minimum atomic E-state index is -0.686. The number of benzene rings is 1. The molecule has 5 nitrogen and oxygen atoms in total. The van der Waals surface area contributed by atoms with Crippen LogP contribution in [-0.2, 0) is 6.80 Å². The van der Waals surface area contributed by atoms with Gasteiger partial charge in [-0.3, -0.25) is 4.57 Å². The summed E-state index contributed by atoms with van der Waals surface area (Å²) in [6, 6.07) is 9.74. The van der Waals surface area contributed by atoms with Crippen LogP contribution in [0.4, 0.5) is 10.3 Å². The van der Waals surface area contributed by atoms with E-state index in [0.717, 1.165) is 16.7 Å². The zero-order chi connectivity index (χ0) is 20.6. The smallest absolute Gasteiger partial charge is 0.223 e. The Bertz CT molecular complexity index is 1030. The summed E-state index contributed by atoms with van der Waals surface area (Å²) >= 11 is 0. The highest BCUT2D eigenvalue weighted by molar-refractivity contribution is 5.77. The fraction of sp³-hybridized carbons (Fsp3) is 0.174. The minimum absolute atomic E-state index is 0.462. The second kappa shape index (κ2) is 9.59. The van der Waals surface area contributed by atoms with Crippen LogP contribution in [0.3, 0.4) is 0 Å². The Morgan fingerprint density at radius 2 is 2.00 bits per heavy atom. The van der Waals surface area contributed by atoms with Gasteiger partial charge in [-0.15, -0.1) is 0 Å². The highest BCUT2D eigenvalue weighted by Gasteiger charge is 2.17. The second-order valence-corrected chi connectivity index (χ2v) is 6.49. The van der Waals surface area contributed by atoms with Gasteiger partial charge in [0.05, 0.1) is 23.4 Å². The van der Waals surface area contributed by atoms with Gasteiger partial charge in [0, 0.05) is 18.3 Å². The van der Waals surface area contributed by atoms with Crippen LogP contribution in [0.2, 0.25) is 0 Å². The van der Waals surface area contributed by atoms with Crippen LogP contribution < -0.4 is 5.32 Å². The molecule has 3 aromatic rings. The molecular formula is C23H24FN5. The Labute approximate surface area is 170 Å². The lowest BCUT2D eigenvalue weighted by molar-refractivity contribution is 0.379. The van der Waals surface area contributed by atoms with Gasteiger partial charge in [-0.1, -0.05) is 60.7 Å². The van der Waals surface area contributed by atoms with E-state index < -0.39 is 6.80 Å². The fourth-order valence-corrected chi connectivity index (χ4v) is 2.96. The molecule has 148 valence electrons. The number of aryl methyl sites for hydroxylation is 1. The predicted octanol–water partition coefficient (Wildman–Crippen LogP) is 5.34. The van der Waals surface area contributed by atoms with E-state index in [1.165, 1.54) is 10.9 Å². The highest BCUT2D eigenvalue weighted by atomic mass is 19.1. The van der Waals surface area contributed by atoms with Gasteiger partial charge in [-0.2, -0.15) is 0 Å². The molecule has 2 aromatic heterocycles. The van der Waals surface area contributed by atoms with Gasteiger partial charge in [-0.25, -0.2) is 19.3 Å². The standard InChI is InChI=1S/C23H24FN5/c1-4-6-18(7-5-2)14-26-23-25-13-12-20(28-23)22-21(27-16-29(22)15-24)19-10-8-17(3)9-11-19/h4-13,16H,1,14-15H2,2-3H3,(H,25,26,28)/b7-5-,18-6+. The van der Waals surface area contributed by atoms with E-state index in [1.54, 1.807) is 18.3 Å². The van der Waals surface area contributed by atoms with Crippen LogP contribution in [0.5, 0.6) is 0 Å². The molecule has 0 fully saturated rings. The summed E-state index contributed by atoms with van der Waals surface area (Å²) in [5.41, 5.74) is 5.03. The minimum Gasteiger partial charge on any atom is -0.350 e. The molecule has 0 spiro atoms. The number of anilines is 1. The number of alkyl halides is 1. The van der Waals surface area contributed by atoms with Crippen molar-refractivity contribution in [3.63, 3.8) is 0 Å². The van der Waals surface area contributed by atoms with Crippen molar-refractivity contribution in [1.82, 2.24) is 19.5 Å². The van der Waals surface area contributed by atoms with Crippen LogP contribution in [0.15, 0.2) is 79.3 Å². The van der Waals surface area contributed by atoms with Crippen molar-refractivity contribution >= 4 is 5.95 Å². The van der Waals surface area contributed by atoms with Gasteiger partial charge in [0.15, 0.2) is 6.80 Å². The second-order valence-electron chi connectivity index (χ2n) is 6.49. The maximum absolute atomic E-state index is 13.6. The van der Waals surface area contributed by atoms with Gasteiger partial charge in [-0.05, 0) is 25.5 Å². The number of rotatable bonds is 8. The number of imidazole rings is 1. The summed E-state index contributed by atoms with van der Waals surface area (Å²) in [7, 11) is 0. The molecule has 1 N–H and O–H groups in total. The number of halogens is 1. The summed E-state index contributed by atoms with van der Waals surface area (Å²) in [6.45, 7) is 7.58. The van der Waals surface area contributed by atoms with Crippen LogP contribution in [0.1, 0.15) is 12.5 Å². The van der Waals surface area contributed by atoms with Crippen molar-refractivity contribution < 1.29 is 4.39 Å². The van der Waals surface area contributed by atoms with Crippen molar-refractivity contribution in [3.8, 4) is 22.6 Å². The van der Waals surface area contributed by atoms with Gasteiger partial charge >= 0.3 is 0 Å². The first-order chi connectivity index (χ1) is 14.2. The highest BCUT2D eigenvalue weighted by Crippen LogP contribution is 2.30. The third-order valence-corrected chi connectivity index (χ3v) is 4.35. The Balaban J connectivity index is 1.94. The van der Waals surface area contributed by atoms with Crippen molar-refractivity contribution in [2.24, 2.45) is 0 Å². The summed E-state index contributed by atoms with van der Waals surface area (Å²) in [6.07, 6.45) is 10.8. The summed E-state index contributed by atoms with van der Waals surface area (Å²) in [5.74, 6) is 0.462. The van der Waals surface area contributed by atoms with E-state index >= 15 is 0 Å². The summed E-state index contributed by atoms with van der Waals surface area (Å²) in [4.78, 5) is 13.3. The maximum Gasteiger partial charge on any atom is 0.223 e. The Hall–Kier alpha value is -3.54. The van der Waals surface area contributed by atoms with Gasteiger partial charge in [0.25, 0.3) is 0 Å². The third-order valence-electron chi connectivity index (χ3n) is 4.35. The normalized spacial score (nSPS) is 11.8. The number of hydrogen-bond donors (Lipinski definition) is 1. The summed E-state index contributed by atoms with van der Waals surface area (Å²) < 4.78 is 15.1. The van der Waals surface area contributed by atoms with E-state index in [4.69, 9.17) is 0 Å². The number of hydrogen-bond acceptors (Lipinski definition) is 4. The third kappa shape index (κ3) is 4.85. The Morgan fingerprint density at radius 1 is 1.21 bits per heavy atom. The maximum atomic E-state index is 13.6. The molecule has 0 aliphatic rings. The number of aromatic nitrogens is 4. The molecule has 2 heterocycles. The van der Waals surface area contributed by atoms with Crippen molar-refractivity contribution in [1.29, 1.82) is 0 Å². The van der Waals surface area contributed by atoms with Gasteiger partial charge in [0.1, 0.15) is 0 Å². The molecule has 0 atom stereocenters. The largest absolute Gasteiger partial charge is 0.350 e. The molecule has 0 saturated carbocycles. The zero-order valence-electron chi connectivity index (χ0n) is 16.6. The van der Waals surface area contributed by atoms with Gasteiger partial charge < -0.3 is 5.32 Å². The number of allylic oxidation sites excluding steroid dienone is 3. The van der Waals surface area contributed by atoms with E-state index in [-0.39, 0.29) is 0 Å². The Kier molecular flexibility index (Phi) is 6.68. The van der Waals surface area contributed by atoms with Crippen LogP contribution >= 0.6 is 0 Å². The molecule has 0 aliphatic carbocycles. The molecule has 6 heteroatoms. The van der Waals surface area contributed by atoms with E-state index in [0.29, 0.717) is 29.6 Å². The molecule has 0 saturated heterocycles.